The van der Waals surface area contributed by atoms with Crippen LogP contribution in [0.1, 0.15) is 31.3 Å². The second kappa shape index (κ2) is 5.94. The summed E-state index contributed by atoms with van der Waals surface area (Å²) in [7, 11) is 5.67. The van der Waals surface area contributed by atoms with E-state index in [0.29, 0.717) is 24.2 Å². The monoisotopic (exact) mass is 290 g/mol. The van der Waals surface area contributed by atoms with Gasteiger partial charge in [0.2, 0.25) is 11.9 Å². The molecule has 3 N–H and O–H groups in total. The van der Waals surface area contributed by atoms with Gasteiger partial charge in [-0.3, -0.25) is 5.10 Å². The highest BCUT2D eigenvalue weighted by molar-refractivity contribution is 5.40. The van der Waals surface area contributed by atoms with Crippen LogP contribution in [0.3, 0.4) is 0 Å². The summed E-state index contributed by atoms with van der Waals surface area (Å²) in [5.41, 5.74) is 6.82. The molecule has 0 amide bonds. The Balaban J connectivity index is 2.16. The average molecular weight is 290 g/mol. The number of nitrogens with zero attached hydrogens (tertiary/aromatic N) is 6. The first-order chi connectivity index (χ1) is 9.86. The largest absolute Gasteiger partial charge is 0.368 e. The van der Waals surface area contributed by atoms with Crippen molar-refractivity contribution < 1.29 is 0 Å². The normalized spacial score (nSPS) is 11.0. The van der Waals surface area contributed by atoms with E-state index in [1.54, 1.807) is 4.90 Å². The molecule has 2 rings (SSSR count). The summed E-state index contributed by atoms with van der Waals surface area (Å²) in [6.45, 7) is 4.75. The van der Waals surface area contributed by atoms with E-state index in [4.69, 9.17) is 5.73 Å². The fourth-order valence-electron chi connectivity index (χ4n) is 1.81. The maximum atomic E-state index is 5.73. The minimum absolute atomic E-state index is 0.224. The standard InChI is InChI=1S/C13H22N8/c1-8(2)9-6-11(19-18-9)21(5)7-10-15-12(14)17-13(16-10)20(3)4/h6,8H,7H2,1-5H3,(H,18,19)(H2,14,15,16,17). The third-order valence-electron chi connectivity index (χ3n) is 3.06. The molecule has 0 aromatic carbocycles. The molecule has 0 saturated heterocycles. The molecule has 0 aliphatic rings. The first-order valence-corrected chi connectivity index (χ1v) is 6.81. The maximum Gasteiger partial charge on any atom is 0.229 e. The highest BCUT2D eigenvalue weighted by atomic mass is 15.3. The molecule has 0 aliphatic carbocycles. The Morgan fingerprint density at radius 2 is 1.90 bits per heavy atom. The summed E-state index contributed by atoms with van der Waals surface area (Å²) in [5, 5.41) is 7.34. The van der Waals surface area contributed by atoms with Crippen molar-refractivity contribution >= 4 is 17.7 Å². The average Bonchev–Trinajstić information content (AvgIpc) is 2.87. The number of hydrogen-bond donors (Lipinski definition) is 2. The molecule has 0 atom stereocenters. The van der Waals surface area contributed by atoms with Gasteiger partial charge in [-0.15, -0.1) is 0 Å². The maximum absolute atomic E-state index is 5.73. The van der Waals surface area contributed by atoms with E-state index in [1.807, 2.05) is 32.1 Å². The molecule has 2 heterocycles. The van der Waals surface area contributed by atoms with E-state index in [2.05, 4.69) is 39.0 Å². The van der Waals surface area contributed by atoms with Gasteiger partial charge >= 0.3 is 0 Å². The molecular formula is C13H22N8. The van der Waals surface area contributed by atoms with Gasteiger partial charge in [-0.2, -0.15) is 20.1 Å². The van der Waals surface area contributed by atoms with Crippen LogP contribution in [0.2, 0.25) is 0 Å². The van der Waals surface area contributed by atoms with Gasteiger partial charge in [-0.1, -0.05) is 13.8 Å². The molecule has 0 fully saturated rings. The molecule has 2 aromatic heterocycles. The highest BCUT2D eigenvalue weighted by Gasteiger charge is 2.12. The van der Waals surface area contributed by atoms with Gasteiger partial charge < -0.3 is 15.5 Å². The zero-order valence-electron chi connectivity index (χ0n) is 13.1. The first-order valence-electron chi connectivity index (χ1n) is 6.81. The van der Waals surface area contributed by atoms with Crippen LogP contribution in [-0.4, -0.2) is 46.3 Å². The molecule has 0 unspecified atom stereocenters. The second-order valence-electron chi connectivity index (χ2n) is 5.50. The molecular weight excluding hydrogens is 268 g/mol. The van der Waals surface area contributed by atoms with Crippen molar-refractivity contribution in [2.24, 2.45) is 0 Å². The predicted octanol–water partition coefficient (Wildman–Crippen LogP) is 1.00. The number of H-pyrrole nitrogens is 1. The summed E-state index contributed by atoms with van der Waals surface area (Å²) in [4.78, 5) is 16.4. The minimum atomic E-state index is 0.224. The number of nitrogens with two attached hydrogens (primary N) is 1. The van der Waals surface area contributed by atoms with Crippen molar-refractivity contribution in [1.82, 2.24) is 25.1 Å². The van der Waals surface area contributed by atoms with Gasteiger partial charge in [0, 0.05) is 32.9 Å². The lowest BCUT2D eigenvalue weighted by Gasteiger charge is -2.16. The zero-order chi connectivity index (χ0) is 15.6. The van der Waals surface area contributed by atoms with Gasteiger partial charge in [-0.05, 0) is 5.92 Å². The minimum Gasteiger partial charge on any atom is -0.368 e. The van der Waals surface area contributed by atoms with Gasteiger partial charge in [-0.25, -0.2) is 0 Å². The summed E-state index contributed by atoms with van der Waals surface area (Å²) < 4.78 is 0. The fraction of sp³-hybridized carbons (Fsp3) is 0.538. The molecule has 8 heteroatoms. The molecule has 0 radical (unpaired) electrons. The Bertz CT molecular complexity index is 604. The number of hydrogen-bond acceptors (Lipinski definition) is 7. The number of anilines is 3. The lowest BCUT2D eigenvalue weighted by atomic mass is 10.1. The van der Waals surface area contributed by atoms with Gasteiger partial charge in [0.1, 0.15) is 0 Å². The molecule has 0 aliphatic heterocycles. The van der Waals surface area contributed by atoms with Gasteiger partial charge in [0.25, 0.3) is 0 Å². The smallest absolute Gasteiger partial charge is 0.229 e. The van der Waals surface area contributed by atoms with Crippen molar-refractivity contribution in [2.45, 2.75) is 26.3 Å². The Morgan fingerprint density at radius 1 is 1.19 bits per heavy atom. The Kier molecular flexibility index (Phi) is 4.25. The van der Waals surface area contributed by atoms with Crippen LogP contribution in [-0.2, 0) is 6.54 Å². The van der Waals surface area contributed by atoms with Crippen LogP contribution in [0.15, 0.2) is 6.07 Å². The SMILES string of the molecule is CC(C)c1cc(N(C)Cc2nc(N)nc(N(C)C)n2)n[nH]1. The van der Waals surface area contributed by atoms with Crippen LogP contribution in [0.25, 0.3) is 0 Å². The van der Waals surface area contributed by atoms with Crippen molar-refractivity contribution in [3.63, 3.8) is 0 Å². The number of aromatic nitrogens is 5. The molecule has 21 heavy (non-hydrogen) atoms. The molecule has 0 bridgehead atoms. The van der Waals surface area contributed by atoms with Crippen LogP contribution >= 0.6 is 0 Å². The van der Waals surface area contributed by atoms with Gasteiger partial charge in [0.15, 0.2) is 11.6 Å². The van der Waals surface area contributed by atoms with Crippen LogP contribution in [0.5, 0.6) is 0 Å². The summed E-state index contributed by atoms with van der Waals surface area (Å²) >= 11 is 0. The number of nitrogens with one attached hydrogen (secondary N) is 1. The van der Waals surface area contributed by atoms with E-state index in [1.165, 1.54) is 0 Å². The van der Waals surface area contributed by atoms with E-state index in [9.17, 15) is 0 Å². The topological polar surface area (TPSA) is 99.9 Å². The lowest BCUT2D eigenvalue weighted by molar-refractivity contribution is 0.794. The van der Waals surface area contributed by atoms with Crippen LogP contribution in [0, 0.1) is 0 Å². The fourth-order valence-corrected chi connectivity index (χ4v) is 1.81. The summed E-state index contributed by atoms with van der Waals surface area (Å²) in [5.74, 6) is 2.65. The predicted molar refractivity (Wildman–Crippen MR) is 83.4 cm³/mol. The molecule has 0 spiro atoms. The van der Waals surface area contributed by atoms with Crippen molar-refractivity contribution in [3.8, 4) is 0 Å². The van der Waals surface area contributed by atoms with Crippen molar-refractivity contribution in [3.05, 3.63) is 17.6 Å². The number of aromatic amines is 1. The molecule has 8 nitrogen and oxygen atoms in total. The number of nitrogen functional groups attached to an aromatic ring is 1. The Morgan fingerprint density at radius 3 is 2.48 bits per heavy atom. The Hall–Kier alpha value is -2.38. The van der Waals surface area contributed by atoms with E-state index in [0.717, 1.165) is 11.5 Å². The number of rotatable bonds is 5. The second-order valence-corrected chi connectivity index (χ2v) is 5.50. The van der Waals surface area contributed by atoms with Crippen molar-refractivity contribution in [2.75, 3.05) is 36.7 Å². The van der Waals surface area contributed by atoms with Gasteiger partial charge in [0.05, 0.1) is 6.54 Å². The summed E-state index contributed by atoms with van der Waals surface area (Å²) in [6, 6.07) is 2.03. The zero-order valence-corrected chi connectivity index (χ0v) is 13.1. The molecule has 0 saturated carbocycles. The highest BCUT2D eigenvalue weighted by Crippen LogP contribution is 2.18. The summed E-state index contributed by atoms with van der Waals surface area (Å²) in [6.07, 6.45) is 0. The van der Waals surface area contributed by atoms with Crippen molar-refractivity contribution in [1.29, 1.82) is 0 Å². The first kappa shape index (κ1) is 15.0. The quantitative estimate of drug-likeness (QED) is 0.847. The van der Waals surface area contributed by atoms with E-state index >= 15 is 0 Å². The van der Waals surface area contributed by atoms with E-state index < -0.39 is 0 Å². The van der Waals surface area contributed by atoms with Crippen LogP contribution in [0.4, 0.5) is 17.7 Å². The Labute approximate surface area is 124 Å². The van der Waals surface area contributed by atoms with E-state index in [-0.39, 0.29) is 5.95 Å². The van der Waals surface area contributed by atoms with Crippen LogP contribution < -0.4 is 15.5 Å². The molecule has 2 aromatic rings. The molecule has 114 valence electrons. The third kappa shape index (κ3) is 3.59. The third-order valence-corrected chi connectivity index (χ3v) is 3.06. The lowest BCUT2D eigenvalue weighted by Crippen LogP contribution is -2.22.